The Hall–Kier alpha value is -2.70. The molecule has 0 N–H and O–H groups in total. The van der Waals surface area contributed by atoms with Crippen LogP contribution in [0, 0.1) is 5.82 Å². The Kier molecular flexibility index (Phi) is 5.18. The minimum Gasteiger partial charge on any atom is -0.267 e. The number of hydrogen-bond acceptors (Lipinski definition) is 4. The monoisotopic (exact) mass is 396 g/mol. The largest absolute Gasteiger partial charge is 0.267 e. The van der Waals surface area contributed by atoms with E-state index in [2.05, 4.69) is 15.2 Å². The first kappa shape index (κ1) is 17.7. The molecule has 27 heavy (non-hydrogen) atoms. The van der Waals surface area contributed by atoms with Crippen LogP contribution in [0.2, 0.25) is 5.02 Å². The van der Waals surface area contributed by atoms with Crippen molar-refractivity contribution in [3.05, 3.63) is 89.5 Å². The van der Waals surface area contributed by atoms with Gasteiger partial charge >= 0.3 is 0 Å². The first-order chi connectivity index (χ1) is 13.2. The number of rotatable bonds is 5. The fourth-order valence-electron chi connectivity index (χ4n) is 2.66. The molecule has 0 spiro atoms. The molecule has 0 saturated carbocycles. The van der Waals surface area contributed by atoms with Gasteiger partial charge in [0.1, 0.15) is 5.82 Å². The van der Waals surface area contributed by atoms with Crippen molar-refractivity contribution in [2.45, 2.75) is 10.9 Å². The predicted molar refractivity (Wildman–Crippen MR) is 106 cm³/mol. The van der Waals surface area contributed by atoms with E-state index >= 15 is 0 Å². The molecular weight excluding hydrogens is 383 g/mol. The lowest BCUT2D eigenvalue weighted by Crippen LogP contribution is -2.02. The van der Waals surface area contributed by atoms with Gasteiger partial charge < -0.3 is 0 Å². The van der Waals surface area contributed by atoms with Crippen LogP contribution in [0.1, 0.15) is 5.56 Å². The van der Waals surface area contributed by atoms with Crippen LogP contribution < -0.4 is 0 Å². The van der Waals surface area contributed by atoms with Crippen LogP contribution in [0.4, 0.5) is 4.39 Å². The lowest BCUT2D eigenvalue weighted by Gasteiger charge is -2.12. The van der Waals surface area contributed by atoms with Crippen LogP contribution in [-0.2, 0) is 5.75 Å². The maximum absolute atomic E-state index is 14.6. The molecule has 4 rings (SSSR count). The summed E-state index contributed by atoms with van der Waals surface area (Å²) in [5.74, 6) is 0.788. The molecule has 134 valence electrons. The molecule has 2 heterocycles. The molecule has 0 aliphatic rings. The zero-order valence-corrected chi connectivity index (χ0v) is 15.7. The Balaban J connectivity index is 1.80. The summed E-state index contributed by atoms with van der Waals surface area (Å²) in [6.07, 6.45) is 3.53. The van der Waals surface area contributed by atoms with Crippen LogP contribution in [0.25, 0.3) is 17.1 Å². The fraction of sp³-hybridized carbons (Fsp3) is 0.0500. The van der Waals surface area contributed by atoms with Crippen molar-refractivity contribution in [1.82, 2.24) is 19.7 Å². The highest BCUT2D eigenvalue weighted by Gasteiger charge is 2.20. The number of pyridine rings is 1. The van der Waals surface area contributed by atoms with Crippen molar-refractivity contribution < 1.29 is 4.39 Å². The average Bonchev–Trinajstić information content (AvgIpc) is 3.11. The lowest BCUT2D eigenvalue weighted by atomic mass is 10.2. The molecule has 7 heteroatoms. The highest BCUT2D eigenvalue weighted by Crippen LogP contribution is 2.33. The second-order valence-electron chi connectivity index (χ2n) is 5.72. The van der Waals surface area contributed by atoms with Crippen molar-refractivity contribution >= 4 is 23.4 Å². The Bertz CT molecular complexity index is 1070. The van der Waals surface area contributed by atoms with Crippen LogP contribution in [-0.4, -0.2) is 19.7 Å². The lowest BCUT2D eigenvalue weighted by molar-refractivity contribution is 0.613. The number of para-hydroxylation sites is 1. The average molecular weight is 397 g/mol. The summed E-state index contributed by atoms with van der Waals surface area (Å²) in [5.41, 5.74) is 2.12. The predicted octanol–water partition coefficient (Wildman–Crippen LogP) is 5.41. The first-order valence-electron chi connectivity index (χ1n) is 8.21. The van der Waals surface area contributed by atoms with Crippen molar-refractivity contribution in [3.63, 3.8) is 0 Å². The number of benzene rings is 2. The summed E-state index contributed by atoms with van der Waals surface area (Å²) in [6.45, 7) is 0. The van der Waals surface area contributed by atoms with Crippen LogP contribution >= 0.6 is 23.4 Å². The van der Waals surface area contributed by atoms with Gasteiger partial charge in [-0.2, -0.15) is 0 Å². The molecule has 0 bridgehead atoms. The van der Waals surface area contributed by atoms with Gasteiger partial charge in [0.05, 0.1) is 10.7 Å². The minimum absolute atomic E-state index is 0.353. The van der Waals surface area contributed by atoms with E-state index in [1.807, 2.05) is 30.3 Å². The van der Waals surface area contributed by atoms with Gasteiger partial charge in [0, 0.05) is 23.7 Å². The topological polar surface area (TPSA) is 43.6 Å². The van der Waals surface area contributed by atoms with Gasteiger partial charge in [-0.1, -0.05) is 53.7 Å². The smallest absolute Gasteiger partial charge is 0.196 e. The van der Waals surface area contributed by atoms with Gasteiger partial charge in [-0.05, 0) is 35.9 Å². The molecule has 0 aliphatic heterocycles. The van der Waals surface area contributed by atoms with Crippen LogP contribution in [0.15, 0.2) is 78.2 Å². The van der Waals surface area contributed by atoms with E-state index in [1.54, 1.807) is 41.2 Å². The summed E-state index contributed by atoms with van der Waals surface area (Å²) < 4.78 is 16.3. The molecule has 0 saturated heterocycles. The third kappa shape index (κ3) is 3.72. The minimum atomic E-state index is -0.353. The van der Waals surface area contributed by atoms with E-state index in [4.69, 9.17) is 11.6 Å². The van der Waals surface area contributed by atoms with Gasteiger partial charge in [-0.15, -0.1) is 10.2 Å². The molecule has 0 radical (unpaired) electrons. The van der Waals surface area contributed by atoms with Gasteiger partial charge in [-0.3, -0.25) is 9.55 Å². The van der Waals surface area contributed by atoms with E-state index < -0.39 is 0 Å². The maximum Gasteiger partial charge on any atom is 0.196 e. The molecule has 0 aliphatic carbocycles. The number of nitrogens with zero attached hydrogens (tertiary/aromatic N) is 4. The SMILES string of the molecule is Fc1ccccc1-n1c(SCc2cccnc2)nnc1-c1ccccc1Cl. The zero-order valence-electron chi connectivity index (χ0n) is 14.1. The number of halogens is 2. The molecular formula is C20H14ClFN4S. The molecule has 4 nitrogen and oxygen atoms in total. The first-order valence-corrected chi connectivity index (χ1v) is 9.57. The molecule has 2 aromatic heterocycles. The van der Waals surface area contributed by atoms with Crippen molar-refractivity contribution in [3.8, 4) is 17.1 Å². The van der Waals surface area contributed by atoms with Crippen LogP contribution in [0.3, 0.4) is 0 Å². The number of thioether (sulfide) groups is 1. The summed E-state index contributed by atoms with van der Waals surface area (Å²) in [6, 6.07) is 17.8. The van der Waals surface area contributed by atoms with E-state index in [1.165, 1.54) is 17.8 Å². The summed E-state index contributed by atoms with van der Waals surface area (Å²) >= 11 is 7.81. The normalized spacial score (nSPS) is 10.9. The second kappa shape index (κ2) is 7.90. The quantitative estimate of drug-likeness (QED) is 0.423. The van der Waals surface area contributed by atoms with Crippen LogP contribution in [0.5, 0.6) is 0 Å². The highest BCUT2D eigenvalue weighted by atomic mass is 35.5. The maximum atomic E-state index is 14.6. The third-order valence-corrected chi connectivity index (χ3v) is 5.26. The third-order valence-electron chi connectivity index (χ3n) is 3.93. The van der Waals surface area contributed by atoms with Crippen molar-refractivity contribution in [2.24, 2.45) is 0 Å². The van der Waals surface area contributed by atoms with E-state index in [9.17, 15) is 4.39 Å². The Morgan fingerprint density at radius 1 is 0.963 bits per heavy atom. The van der Waals surface area contributed by atoms with Gasteiger partial charge in [0.15, 0.2) is 11.0 Å². The molecule has 0 unspecified atom stereocenters. The van der Waals surface area contributed by atoms with E-state index in [0.29, 0.717) is 33.0 Å². The molecule has 2 aromatic carbocycles. The zero-order chi connectivity index (χ0) is 18.6. The van der Waals surface area contributed by atoms with Gasteiger partial charge in [0.2, 0.25) is 0 Å². The molecule has 0 amide bonds. The number of aromatic nitrogens is 4. The van der Waals surface area contributed by atoms with Crippen molar-refractivity contribution in [1.29, 1.82) is 0 Å². The molecule has 0 atom stereocenters. The Morgan fingerprint density at radius 3 is 2.56 bits per heavy atom. The van der Waals surface area contributed by atoms with Crippen molar-refractivity contribution in [2.75, 3.05) is 0 Å². The van der Waals surface area contributed by atoms with Gasteiger partial charge in [0.25, 0.3) is 0 Å². The molecule has 4 aromatic rings. The van der Waals surface area contributed by atoms with Gasteiger partial charge in [-0.25, -0.2) is 4.39 Å². The Labute approximate surface area is 165 Å². The second-order valence-corrected chi connectivity index (χ2v) is 7.07. The molecule has 0 fully saturated rings. The number of hydrogen-bond donors (Lipinski definition) is 0. The Morgan fingerprint density at radius 2 is 1.78 bits per heavy atom. The summed E-state index contributed by atoms with van der Waals surface area (Å²) in [4.78, 5) is 4.12. The van der Waals surface area contributed by atoms with E-state index in [-0.39, 0.29) is 5.82 Å². The highest BCUT2D eigenvalue weighted by molar-refractivity contribution is 7.98. The summed E-state index contributed by atoms with van der Waals surface area (Å²) in [5, 5.41) is 9.71. The fourth-order valence-corrected chi connectivity index (χ4v) is 3.76. The summed E-state index contributed by atoms with van der Waals surface area (Å²) in [7, 11) is 0. The van der Waals surface area contributed by atoms with E-state index in [0.717, 1.165) is 5.56 Å². The standard InChI is InChI=1S/C20H14ClFN4S/c21-16-8-2-1-7-15(16)19-24-25-20(27-13-14-6-5-11-23-12-14)26(19)18-10-4-3-9-17(18)22/h1-12H,13H2.